The molecule has 0 saturated carbocycles. The first-order chi connectivity index (χ1) is 18.8. The minimum Gasteiger partial charge on any atom is -0.497 e. The van der Waals surface area contributed by atoms with E-state index >= 15 is 0 Å². The molecule has 0 aliphatic rings. The molecule has 4 rings (SSSR count). The number of methoxy groups -OCH3 is 2. The second-order valence-corrected chi connectivity index (χ2v) is 10.5. The predicted octanol–water partition coefficient (Wildman–Crippen LogP) is 5.57. The van der Waals surface area contributed by atoms with Crippen LogP contribution in [0.25, 0.3) is 0 Å². The van der Waals surface area contributed by atoms with Gasteiger partial charge >= 0.3 is 0 Å². The van der Waals surface area contributed by atoms with Crippen LogP contribution < -0.4 is 23.8 Å². The van der Waals surface area contributed by atoms with Crippen LogP contribution in [0.2, 0.25) is 0 Å². The fraction of sp³-hybridized carbons (Fsp3) is 0.167. The average Bonchev–Trinajstić information content (AvgIpc) is 2.97. The third kappa shape index (κ3) is 6.69. The van der Waals surface area contributed by atoms with Crippen molar-refractivity contribution in [3.8, 4) is 23.0 Å². The lowest BCUT2D eigenvalue weighted by Crippen LogP contribution is -2.41. The van der Waals surface area contributed by atoms with Crippen LogP contribution in [0.5, 0.6) is 23.0 Å². The summed E-state index contributed by atoms with van der Waals surface area (Å²) in [6.07, 6.45) is 0. The molecule has 202 valence electrons. The highest BCUT2D eigenvalue weighted by atomic mass is 32.2. The maximum absolute atomic E-state index is 13.7. The number of nitrogens with zero attached hydrogens (tertiary/aromatic N) is 1. The number of hydrogen-bond donors (Lipinski definition) is 1. The molecule has 0 unspecified atom stereocenters. The number of nitrogens with one attached hydrogen (secondary N) is 1. The Morgan fingerprint density at radius 3 is 2.00 bits per heavy atom. The third-order valence-electron chi connectivity index (χ3n) is 6.00. The van der Waals surface area contributed by atoms with E-state index < -0.39 is 28.5 Å². The largest absolute Gasteiger partial charge is 0.497 e. The smallest absolute Gasteiger partial charge is 0.264 e. The second kappa shape index (κ2) is 12.4. The maximum atomic E-state index is 13.7. The molecule has 0 spiro atoms. The Morgan fingerprint density at radius 1 is 0.795 bits per heavy atom. The fourth-order valence-corrected chi connectivity index (χ4v) is 5.45. The SMILES string of the molecule is COc1ccc(OC)c([C@@H](C)NC(=O)CN(c2ccc(Oc3ccccc3)cc2)S(=O)(=O)c2ccccc2)c1. The van der Waals surface area contributed by atoms with Crippen LogP contribution >= 0.6 is 0 Å². The Kier molecular flexibility index (Phi) is 8.73. The normalized spacial score (nSPS) is 11.8. The molecule has 8 nitrogen and oxygen atoms in total. The summed E-state index contributed by atoms with van der Waals surface area (Å²) in [5.41, 5.74) is 1.02. The summed E-state index contributed by atoms with van der Waals surface area (Å²) in [6.45, 7) is 1.35. The summed E-state index contributed by atoms with van der Waals surface area (Å²) in [4.78, 5) is 13.3. The molecule has 0 fully saturated rings. The zero-order valence-electron chi connectivity index (χ0n) is 21.9. The Hall–Kier alpha value is -4.50. The first kappa shape index (κ1) is 27.5. The standard InChI is InChI=1S/C30H30N2O6S/c1-22(28-20-26(36-2)18-19-29(28)37-3)31-30(33)21-32(39(34,35)27-12-8-5-9-13-27)23-14-16-25(17-15-23)38-24-10-6-4-7-11-24/h4-20,22H,21H2,1-3H3,(H,31,33)/t22-/m1/s1. The molecule has 0 bridgehead atoms. The topological polar surface area (TPSA) is 94.2 Å². The number of carbonyl (C=O) groups excluding carboxylic acids is 1. The molecular weight excluding hydrogens is 516 g/mol. The van der Waals surface area contributed by atoms with Gasteiger partial charge in [-0.3, -0.25) is 9.10 Å². The Labute approximate surface area is 228 Å². The van der Waals surface area contributed by atoms with Gasteiger partial charge in [-0.05, 0) is 73.7 Å². The summed E-state index contributed by atoms with van der Waals surface area (Å²) < 4.78 is 45.0. The third-order valence-corrected chi connectivity index (χ3v) is 7.79. The van der Waals surface area contributed by atoms with E-state index in [4.69, 9.17) is 14.2 Å². The van der Waals surface area contributed by atoms with Crippen molar-refractivity contribution in [3.63, 3.8) is 0 Å². The molecule has 0 heterocycles. The van der Waals surface area contributed by atoms with E-state index in [1.807, 2.05) is 30.3 Å². The average molecular weight is 547 g/mol. The van der Waals surface area contributed by atoms with Crippen LogP contribution in [-0.4, -0.2) is 35.1 Å². The van der Waals surface area contributed by atoms with Gasteiger partial charge in [0.1, 0.15) is 29.5 Å². The van der Waals surface area contributed by atoms with Crippen molar-refractivity contribution in [3.05, 3.63) is 109 Å². The summed E-state index contributed by atoms with van der Waals surface area (Å²) in [5, 5.41) is 2.88. The van der Waals surface area contributed by atoms with E-state index in [0.717, 1.165) is 4.31 Å². The highest BCUT2D eigenvalue weighted by molar-refractivity contribution is 7.92. The van der Waals surface area contributed by atoms with Gasteiger partial charge in [-0.2, -0.15) is 0 Å². The van der Waals surface area contributed by atoms with Gasteiger partial charge in [-0.15, -0.1) is 0 Å². The zero-order valence-corrected chi connectivity index (χ0v) is 22.7. The number of ether oxygens (including phenoxy) is 3. The van der Waals surface area contributed by atoms with E-state index in [1.165, 1.54) is 12.1 Å². The van der Waals surface area contributed by atoms with Crippen LogP contribution in [0.1, 0.15) is 18.5 Å². The molecule has 0 saturated heterocycles. The van der Waals surface area contributed by atoms with E-state index in [-0.39, 0.29) is 4.90 Å². The molecule has 9 heteroatoms. The summed E-state index contributed by atoms with van der Waals surface area (Å²) in [7, 11) is -0.964. The quantitative estimate of drug-likeness (QED) is 0.264. The molecule has 39 heavy (non-hydrogen) atoms. The van der Waals surface area contributed by atoms with Crippen molar-refractivity contribution in [2.24, 2.45) is 0 Å². The lowest BCUT2D eigenvalue weighted by atomic mass is 10.1. The van der Waals surface area contributed by atoms with Gasteiger partial charge in [0.05, 0.1) is 30.8 Å². The van der Waals surface area contributed by atoms with Crippen LogP contribution in [0.15, 0.2) is 108 Å². The Balaban J connectivity index is 1.60. The number of anilines is 1. The number of benzene rings is 4. The molecule has 4 aromatic rings. The Morgan fingerprint density at radius 2 is 1.38 bits per heavy atom. The van der Waals surface area contributed by atoms with Gasteiger partial charge in [0.15, 0.2) is 0 Å². The zero-order chi connectivity index (χ0) is 27.8. The van der Waals surface area contributed by atoms with Crippen LogP contribution in [0, 0.1) is 0 Å². The summed E-state index contributed by atoms with van der Waals surface area (Å²) in [5.74, 6) is 1.88. The molecule has 4 aromatic carbocycles. The summed E-state index contributed by atoms with van der Waals surface area (Å²) in [6, 6.07) is 28.6. The highest BCUT2D eigenvalue weighted by Crippen LogP contribution is 2.30. The van der Waals surface area contributed by atoms with Crippen molar-refractivity contribution in [2.45, 2.75) is 17.9 Å². The first-order valence-electron chi connectivity index (χ1n) is 12.2. The first-order valence-corrected chi connectivity index (χ1v) is 13.7. The number of carbonyl (C=O) groups is 1. The summed E-state index contributed by atoms with van der Waals surface area (Å²) >= 11 is 0. The lowest BCUT2D eigenvalue weighted by molar-refractivity contribution is -0.120. The number of amides is 1. The van der Waals surface area contributed by atoms with Crippen LogP contribution in [0.3, 0.4) is 0 Å². The Bertz CT molecular complexity index is 1490. The van der Waals surface area contributed by atoms with Crippen molar-refractivity contribution < 1.29 is 27.4 Å². The van der Waals surface area contributed by atoms with Gasteiger partial charge < -0.3 is 19.5 Å². The van der Waals surface area contributed by atoms with Gasteiger partial charge in [-0.1, -0.05) is 36.4 Å². The van der Waals surface area contributed by atoms with Gasteiger partial charge in [0.2, 0.25) is 5.91 Å². The number of sulfonamides is 1. The van der Waals surface area contributed by atoms with E-state index in [1.54, 1.807) is 81.8 Å². The lowest BCUT2D eigenvalue weighted by Gasteiger charge is -2.25. The van der Waals surface area contributed by atoms with Crippen LogP contribution in [-0.2, 0) is 14.8 Å². The molecule has 1 amide bonds. The minimum absolute atomic E-state index is 0.0740. The molecule has 1 N–H and O–H groups in total. The minimum atomic E-state index is -4.06. The van der Waals surface area contributed by atoms with Gasteiger partial charge in [-0.25, -0.2) is 8.42 Å². The van der Waals surface area contributed by atoms with Gasteiger partial charge in [0, 0.05) is 5.56 Å². The van der Waals surface area contributed by atoms with Crippen molar-refractivity contribution in [2.75, 3.05) is 25.1 Å². The van der Waals surface area contributed by atoms with Gasteiger partial charge in [0.25, 0.3) is 10.0 Å². The van der Waals surface area contributed by atoms with E-state index in [0.29, 0.717) is 34.2 Å². The maximum Gasteiger partial charge on any atom is 0.264 e. The number of hydrogen-bond acceptors (Lipinski definition) is 6. The molecular formula is C30H30N2O6S. The van der Waals surface area contributed by atoms with Crippen molar-refractivity contribution in [1.82, 2.24) is 5.32 Å². The van der Waals surface area contributed by atoms with Crippen molar-refractivity contribution >= 4 is 21.6 Å². The fourth-order valence-electron chi connectivity index (χ4n) is 4.01. The monoisotopic (exact) mass is 546 g/mol. The molecule has 0 radical (unpaired) electrons. The molecule has 0 aromatic heterocycles. The predicted molar refractivity (Wildman–Crippen MR) is 150 cm³/mol. The molecule has 1 atom stereocenters. The molecule has 0 aliphatic carbocycles. The van der Waals surface area contributed by atoms with Crippen LogP contribution in [0.4, 0.5) is 5.69 Å². The molecule has 0 aliphatic heterocycles. The van der Waals surface area contributed by atoms with Crippen molar-refractivity contribution in [1.29, 1.82) is 0 Å². The number of rotatable bonds is 11. The van der Waals surface area contributed by atoms with E-state index in [2.05, 4.69) is 5.32 Å². The highest BCUT2D eigenvalue weighted by Gasteiger charge is 2.28. The number of para-hydroxylation sites is 1. The second-order valence-electron chi connectivity index (χ2n) is 8.63. The van der Waals surface area contributed by atoms with E-state index in [9.17, 15) is 13.2 Å².